The Morgan fingerprint density at radius 3 is 2.46 bits per heavy atom. The van der Waals surface area contributed by atoms with Gasteiger partial charge in [0.25, 0.3) is 0 Å². The molecular weight excluding hydrogens is 181 g/mol. The van der Waals surface area contributed by atoms with Crippen molar-refractivity contribution >= 4 is 0 Å². The van der Waals surface area contributed by atoms with E-state index >= 15 is 0 Å². The van der Waals surface area contributed by atoms with Crippen molar-refractivity contribution in [2.24, 2.45) is 5.92 Å². The number of halogens is 3. The molecule has 0 rings (SSSR count). The second-order valence-corrected chi connectivity index (χ2v) is 2.28. The van der Waals surface area contributed by atoms with E-state index in [2.05, 4.69) is 17.2 Å². The highest BCUT2D eigenvalue weighted by Gasteiger charge is 2.39. The largest absolute Gasteiger partial charge is 0.405 e. The van der Waals surface area contributed by atoms with E-state index in [4.69, 9.17) is 5.26 Å². The number of nitriles is 1. The van der Waals surface area contributed by atoms with Gasteiger partial charge in [0.1, 0.15) is 0 Å². The Bertz CT molecular complexity index is 241. The molecule has 1 atom stereocenters. The van der Waals surface area contributed by atoms with E-state index in [1.54, 1.807) is 6.92 Å². The van der Waals surface area contributed by atoms with Crippen molar-refractivity contribution in [3.8, 4) is 17.9 Å². The zero-order valence-corrected chi connectivity index (χ0v) is 7.07. The zero-order chi connectivity index (χ0) is 10.3. The molecule has 72 valence electrons. The van der Waals surface area contributed by atoms with E-state index in [1.165, 1.54) is 6.07 Å². The van der Waals surface area contributed by atoms with Crippen LogP contribution >= 0.6 is 0 Å². The Hall–Kier alpha value is -1.20. The van der Waals surface area contributed by atoms with Crippen LogP contribution in [0.25, 0.3) is 0 Å². The molecule has 0 aliphatic rings. The van der Waals surface area contributed by atoms with E-state index < -0.39 is 18.6 Å². The van der Waals surface area contributed by atoms with Crippen LogP contribution in [0.3, 0.4) is 0 Å². The Morgan fingerprint density at radius 2 is 2.08 bits per heavy atom. The van der Waals surface area contributed by atoms with Crippen molar-refractivity contribution in [1.29, 1.82) is 5.26 Å². The van der Waals surface area contributed by atoms with Crippen LogP contribution in [0.15, 0.2) is 0 Å². The number of nitrogens with one attached hydrogen (secondary N) is 1. The molecule has 1 N–H and O–H groups in total. The Labute approximate surface area is 74.7 Å². The number of alkyl halides is 3. The van der Waals surface area contributed by atoms with Crippen molar-refractivity contribution in [2.75, 3.05) is 13.1 Å². The molecule has 0 radical (unpaired) electrons. The molecule has 0 fully saturated rings. The average Bonchev–Trinajstić information content (AvgIpc) is 2.02. The number of rotatable bonds is 3. The van der Waals surface area contributed by atoms with Crippen LogP contribution in [0.2, 0.25) is 0 Å². The minimum Gasteiger partial charge on any atom is -0.305 e. The van der Waals surface area contributed by atoms with Crippen LogP contribution in [0.5, 0.6) is 0 Å². The number of hydrogen-bond donors (Lipinski definition) is 1. The Kier molecular flexibility index (Phi) is 4.94. The summed E-state index contributed by atoms with van der Waals surface area (Å²) in [7, 11) is 0. The van der Waals surface area contributed by atoms with Crippen LogP contribution in [-0.2, 0) is 0 Å². The van der Waals surface area contributed by atoms with Crippen molar-refractivity contribution in [1.82, 2.24) is 5.32 Å². The summed E-state index contributed by atoms with van der Waals surface area (Å²) in [5, 5.41) is 10.6. The first-order chi connectivity index (χ1) is 6.02. The lowest BCUT2D eigenvalue weighted by atomic mass is 10.1. The van der Waals surface area contributed by atoms with Gasteiger partial charge in [-0.25, -0.2) is 0 Å². The lowest BCUT2D eigenvalue weighted by Crippen LogP contribution is -2.32. The Balaban J connectivity index is 3.87. The minimum absolute atomic E-state index is 0.171. The molecule has 0 aromatic carbocycles. The van der Waals surface area contributed by atoms with Crippen molar-refractivity contribution in [3.63, 3.8) is 0 Å². The molecule has 0 amide bonds. The molecule has 0 bridgehead atoms. The summed E-state index contributed by atoms with van der Waals surface area (Å²) in [6.07, 6.45) is -4.46. The first kappa shape index (κ1) is 11.8. The third-order valence-electron chi connectivity index (χ3n) is 1.29. The lowest BCUT2D eigenvalue weighted by Gasteiger charge is -2.12. The smallest absolute Gasteiger partial charge is 0.305 e. The molecule has 0 aliphatic heterocycles. The van der Waals surface area contributed by atoms with Crippen molar-refractivity contribution < 1.29 is 13.2 Å². The standard InChI is InChI=1S/C8H9F3N2/c1-2-3-4-13-6-7(5-12)8(9,10)11/h7,13H,4,6H2,1H3. The van der Waals surface area contributed by atoms with Gasteiger partial charge in [-0.05, 0) is 6.92 Å². The molecule has 2 nitrogen and oxygen atoms in total. The van der Waals surface area contributed by atoms with Gasteiger partial charge in [-0.1, -0.05) is 5.92 Å². The van der Waals surface area contributed by atoms with Crippen molar-refractivity contribution in [2.45, 2.75) is 13.1 Å². The second kappa shape index (κ2) is 5.45. The summed E-state index contributed by atoms with van der Waals surface area (Å²) in [6.45, 7) is 1.35. The van der Waals surface area contributed by atoms with Gasteiger partial charge >= 0.3 is 6.18 Å². The lowest BCUT2D eigenvalue weighted by molar-refractivity contribution is -0.157. The maximum absolute atomic E-state index is 11.9. The van der Waals surface area contributed by atoms with Gasteiger partial charge in [-0.2, -0.15) is 18.4 Å². The predicted octanol–water partition coefficient (Wildman–Crippen LogP) is 1.30. The van der Waals surface area contributed by atoms with Gasteiger partial charge in [0.2, 0.25) is 0 Å². The van der Waals surface area contributed by atoms with Crippen LogP contribution < -0.4 is 5.32 Å². The van der Waals surface area contributed by atoms with E-state index in [0.717, 1.165) is 0 Å². The molecule has 5 heteroatoms. The van der Waals surface area contributed by atoms with Gasteiger partial charge in [0.05, 0.1) is 12.6 Å². The summed E-state index contributed by atoms with van der Waals surface area (Å²) in [6, 6.07) is 1.18. The van der Waals surface area contributed by atoms with E-state index in [1.807, 2.05) is 0 Å². The predicted molar refractivity (Wildman–Crippen MR) is 41.5 cm³/mol. The normalized spacial score (nSPS) is 12.5. The minimum atomic E-state index is -4.46. The van der Waals surface area contributed by atoms with Gasteiger partial charge in [-0.15, -0.1) is 5.92 Å². The first-order valence-electron chi connectivity index (χ1n) is 3.59. The quantitative estimate of drug-likeness (QED) is 0.538. The fraction of sp³-hybridized carbons (Fsp3) is 0.625. The third kappa shape index (κ3) is 5.10. The van der Waals surface area contributed by atoms with Gasteiger partial charge in [-0.3, -0.25) is 0 Å². The second-order valence-electron chi connectivity index (χ2n) is 2.28. The highest BCUT2D eigenvalue weighted by Crippen LogP contribution is 2.24. The molecule has 0 aromatic heterocycles. The summed E-state index contributed by atoms with van der Waals surface area (Å²) < 4.78 is 35.8. The zero-order valence-electron chi connectivity index (χ0n) is 7.07. The summed E-state index contributed by atoms with van der Waals surface area (Å²) >= 11 is 0. The topological polar surface area (TPSA) is 35.8 Å². The maximum Gasteiger partial charge on any atom is 0.405 e. The molecule has 0 heterocycles. The van der Waals surface area contributed by atoms with Gasteiger partial charge in [0.15, 0.2) is 5.92 Å². The number of nitrogens with zero attached hydrogens (tertiary/aromatic N) is 1. The van der Waals surface area contributed by atoms with E-state index in [0.29, 0.717) is 0 Å². The molecule has 0 spiro atoms. The summed E-state index contributed by atoms with van der Waals surface area (Å²) in [4.78, 5) is 0. The van der Waals surface area contributed by atoms with Gasteiger partial charge < -0.3 is 5.32 Å². The van der Waals surface area contributed by atoms with Gasteiger partial charge in [0, 0.05) is 6.54 Å². The monoisotopic (exact) mass is 190 g/mol. The van der Waals surface area contributed by atoms with Crippen LogP contribution in [0, 0.1) is 29.1 Å². The fourth-order valence-electron chi connectivity index (χ4n) is 0.602. The molecule has 13 heavy (non-hydrogen) atoms. The van der Waals surface area contributed by atoms with Crippen LogP contribution in [0.4, 0.5) is 13.2 Å². The van der Waals surface area contributed by atoms with E-state index in [9.17, 15) is 13.2 Å². The van der Waals surface area contributed by atoms with Crippen LogP contribution in [-0.4, -0.2) is 19.3 Å². The van der Waals surface area contributed by atoms with Crippen molar-refractivity contribution in [3.05, 3.63) is 0 Å². The molecule has 0 saturated carbocycles. The highest BCUT2D eigenvalue weighted by molar-refractivity contribution is 4.98. The summed E-state index contributed by atoms with van der Waals surface area (Å²) in [5.41, 5.74) is 0. The highest BCUT2D eigenvalue weighted by atomic mass is 19.4. The molecular formula is C8H9F3N2. The molecule has 0 aliphatic carbocycles. The first-order valence-corrected chi connectivity index (χ1v) is 3.59. The molecule has 0 saturated heterocycles. The third-order valence-corrected chi connectivity index (χ3v) is 1.29. The number of hydrogen-bond acceptors (Lipinski definition) is 2. The van der Waals surface area contributed by atoms with Crippen LogP contribution in [0.1, 0.15) is 6.92 Å². The Morgan fingerprint density at radius 1 is 1.46 bits per heavy atom. The average molecular weight is 190 g/mol. The fourth-order valence-corrected chi connectivity index (χ4v) is 0.602. The maximum atomic E-state index is 11.9. The SMILES string of the molecule is CC#CCNCC(C#N)C(F)(F)F. The molecule has 1 unspecified atom stereocenters. The summed E-state index contributed by atoms with van der Waals surface area (Å²) in [5.74, 6) is 3.11. The van der Waals surface area contributed by atoms with E-state index in [-0.39, 0.29) is 6.54 Å². The molecule has 0 aromatic rings.